The van der Waals surface area contributed by atoms with Gasteiger partial charge in [-0.15, -0.1) is 0 Å². The maximum Gasteiger partial charge on any atom is 0.257 e. The summed E-state index contributed by atoms with van der Waals surface area (Å²) in [7, 11) is 1.66. The molecule has 1 aromatic rings. The van der Waals surface area contributed by atoms with Crippen molar-refractivity contribution in [3.8, 4) is 5.75 Å². The number of nitrogens with zero attached hydrogens (tertiary/aromatic N) is 1. The van der Waals surface area contributed by atoms with Gasteiger partial charge in [-0.1, -0.05) is 13.8 Å². The molecular formula is C12H16FNO2. The van der Waals surface area contributed by atoms with E-state index in [9.17, 15) is 14.3 Å². The molecule has 4 heteroatoms. The Morgan fingerprint density at radius 1 is 1.50 bits per heavy atom. The van der Waals surface area contributed by atoms with E-state index >= 15 is 0 Å². The van der Waals surface area contributed by atoms with Crippen molar-refractivity contribution < 1.29 is 14.3 Å². The van der Waals surface area contributed by atoms with Crippen molar-refractivity contribution in [3.63, 3.8) is 0 Å². The van der Waals surface area contributed by atoms with Crippen LogP contribution in [0.3, 0.4) is 0 Å². The Morgan fingerprint density at radius 2 is 2.12 bits per heavy atom. The molecule has 0 bridgehead atoms. The number of phenols is 1. The summed E-state index contributed by atoms with van der Waals surface area (Å²) in [6.45, 7) is 4.58. The summed E-state index contributed by atoms with van der Waals surface area (Å²) in [6.07, 6.45) is 0. The van der Waals surface area contributed by atoms with Crippen LogP contribution in [0.1, 0.15) is 24.2 Å². The van der Waals surface area contributed by atoms with E-state index in [2.05, 4.69) is 0 Å². The third-order valence-corrected chi connectivity index (χ3v) is 2.18. The number of amides is 1. The molecule has 0 aromatic heterocycles. The van der Waals surface area contributed by atoms with Gasteiger partial charge in [0.1, 0.15) is 11.6 Å². The number of aromatic hydroxyl groups is 1. The standard InChI is InChI=1S/C12H16FNO2/c1-8(2)7-14(3)12(16)10-5-4-9(13)6-11(10)15/h4-6,8,15H,7H2,1-3H3. The SMILES string of the molecule is CC(C)CN(C)C(=O)c1ccc(F)cc1O. The molecule has 3 nitrogen and oxygen atoms in total. The first-order valence-corrected chi connectivity index (χ1v) is 5.15. The zero-order valence-electron chi connectivity index (χ0n) is 9.70. The molecule has 1 N–H and O–H groups in total. The zero-order valence-corrected chi connectivity index (χ0v) is 9.70. The lowest BCUT2D eigenvalue weighted by molar-refractivity contribution is 0.0776. The maximum absolute atomic E-state index is 12.7. The molecule has 0 spiro atoms. The normalized spacial score (nSPS) is 10.6. The predicted octanol–water partition coefficient (Wildman–Crippen LogP) is 2.26. The van der Waals surface area contributed by atoms with Gasteiger partial charge >= 0.3 is 0 Å². The largest absolute Gasteiger partial charge is 0.507 e. The Bertz CT molecular complexity index is 391. The lowest BCUT2D eigenvalue weighted by Gasteiger charge is -2.19. The Kier molecular flexibility index (Phi) is 3.88. The second-order valence-corrected chi connectivity index (χ2v) is 4.24. The second kappa shape index (κ2) is 4.96. The average molecular weight is 225 g/mol. The molecule has 0 atom stereocenters. The summed E-state index contributed by atoms with van der Waals surface area (Å²) in [4.78, 5) is 13.4. The van der Waals surface area contributed by atoms with Crippen LogP contribution in [0.2, 0.25) is 0 Å². The molecule has 1 rings (SSSR count). The van der Waals surface area contributed by atoms with Gasteiger partial charge in [-0.2, -0.15) is 0 Å². The molecule has 0 heterocycles. The van der Waals surface area contributed by atoms with Crippen molar-refractivity contribution in [2.45, 2.75) is 13.8 Å². The number of rotatable bonds is 3. The van der Waals surface area contributed by atoms with Crippen molar-refractivity contribution in [2.75, 3.05) is 13.6 Å². The van der Waals surface area contributed by atoms with E-state index < -0.39 is 5.82 Å². The summed E-state index contributed by atoms with van der Waals surface area (Å²) in [5, 5.41) is 9.46. The monoisotopic (exact) mass is 225 g/mol. The van der Waals surface area contributed by atoms with Crippen molar-refractivity contribution >= 4 is 5.91 Å². The van der Waals surface area contributed by atoms with Crippen LogP contribution in [0.5, 0.6) is 5.75 Å². The minimum atomic E-state index is -0.555. The molecule has 1 amide bonds. The van der Waals surface area contributed by atoms with Gasteiger partial charge in [0.2, 0.25) is 0 Å². The molecule has 0 radical (unpaired) electrons. The van der Waals surface area contributed by atoms with E-state index in [1.54, 1.807) is 7.05 Å². The van der Waals surface area contributed by atoms with Gasteiger partial charge in [-0.3, -0.25) is 4.79 Å². The van der Waals surface area contributed by atoms with Crippen molar-refractivity contribution in [1.82, 2.24) is 4.90 Å². The third kappa shape index (κ3) is 2.95. The molecule has 0 aliphatic carbocycles. The van der Waals surface area contributed by atoms with E-state index in [-0.39, 0.29) is 17.2 Å². The van der Waals surface area contributed by atoms with Gasteiger partial charge in [-0.25, -0.2) is 4.39 Å². The van der Waals surface area contributed by atoms with E-state index in [4.69, 9.17) is 0 Å². The number of hydrogen-bond donors (Lipinski definition) is 1. The summed E-state index contributed by atoms with van der Waals surface area (Å²) in [5.41, 5.74) is 0.129. The maximum atomic E-state index is 12.7. The molecule has 1 aromatic carbocycles. The second-order valence-electron chi connectivity index (χ2n) is 4.24. The molecule has 16 heavy (non-hydrogen) atoms. The molecule has 0 aliphatic rings. The van der Waals surface area contributed by atoms with Crippen LogP contribution < -0.4 is 0 Å². The summed E-state index contributed by atoms with van der Waals surface area (Å²) >= 11 is 0. The van der Waals surface area contributed by atoms with Crippen LogP contribution >= 0.6 is 0 Å². The first-order valence-electron chi connectivity index (χ1n) is 5.15. The highest BCUT2D eigenvalue weighted by atomic mass is 19.1. The lowest BCUT2D eigenvalue weighted by atomic mass is 10.1. The molecule has 0 aliphatic heterocycles. The summed E-state index contributed by atoms with van der Waals surface area (Å²) < 4.78 is 12.7. The smallest absolute Gasteiger partial charge is 0.257 e. The number of carbonyl (C=O) groups is 1. The minimum absolute atomic E-state index is 0.129. The zero-order chi connectivity index (χ0) is 12.3. The van der Waals surface area contributed by atoms with Gasteiger partial charge in [0.05, 0.1) is 5.56 Å². The predicted molar refractivity (Wildman–Crippen MR) is 59.9 cm³/mol. The molecular weight excluding hydrogens is 209 g/mol. The Morgan fingerprint density at radius 3 is 2.62 bits per heavy atom. The highest BCUT2D eigenvalue weighted by Crippen LogP contribution is 2.19. The summed E-state index contributed by atoms with van der Waals surface area (Å²) in [6, 6.07) is 3.40. The van der Waals surface area contributed by atoms with Crippen LogP contribution in [0.25, 0.3) is 0 Å². The fourth-order valence-electron chi connectivity index (χ4n) is 1.52. The van der Waals surface area contributed by atoms with Crippen molar-refractivity contribution in [1.29, 1.82) is 0 Å². The number of hydrogen-bond acceptors (Lipinski definition) is 2. The van der Waals surface area contributed by atoms with Gasteiger partial charge in [-0.05, 0) is 18.1 Å². The number of phenolic OH excluding ortho intramolecular Hbond substituents is 1. The number of halogens is 1. The fourth-order valence-corrected chi connectivity index (χ4v) is 1.52. The van der Waals surface area contributed by atoms with Crippen molar-refractivity contribution in [3.05, 3.63) is 29.6 Å². The van der Waals surface area contributed by atoms with Crippen LogP contribution in [0.15, 0.2) is 18.2 Å². The average Bonchev–Trinajstić information content (AvgIpc) is 2.15. The van der Waals surface area contributed by atoms with Gasteiger partial charge in [0, 0.05) is 19.7 Å². The van der Waals surface area contributed by atoms with E-state index in [0.29, 0.717) is 12.5 Å². The fraction of sp³-hybridized carbons (Fsp3) is 0.417. The Labute approximate surface area is 94.5 Å². The van der Waals surface area contributed by atoms with Crippen molar-refractivity contribution in [2.24, 2.45) is 5.92 Å². The Balaban J connectivity index is 2.88. The van der Waals surface area contributed by atoms with Gasteiger partial charge in [0.15, 0.2) is 0 Å². The van der Waals surface area contributed by atoms with Gasteiger partial charge < -0.3 is 10.0 Å². The van der Waals surface area contributed by atoms with E-state index in [0.717, 1.165) is 12.1 Å². The minimum Gasteiger partial charge on any atom is -0.507 e. The lowest BCUT2D eigenvalue weighted by Crippen LogP contribution is -2.30. The van der Waals surface area contributed by atoms with Gasteiger partial charge in [0.25, 0.3) is 5.91 Å². The topological polar surface area (TPSA) is 40.5 Å². The molecule has 0 saturated carbocycles. The molecule has 0 fully saturated rings. The van der Waals surface area contributed by atoms with Crippen LogP contribution in [-0.4, -0.2) is 29.5 Å². The molecule has 0 unspecified atom stereocenters. The van der Waals surface area contributed by atoms with Crippen LogP contribution in [0, 0.1) is 11.7 Å². The first kappa shape index (κ1) is 12.5. The molecule has 0 saturated heterocycles. The van der Waals surface area contributed by atoms with Crippen LogP contribution in [0.4, 0.5) is 4.39 Å². The highest BCUT2D eigenvalue weighted by Gasteiger charge is 2.16. The quantitative estimate of drug-likeness (QED) is 0.857. The highest BCUT2D eigenvalue weighted by molar-refractivity contribution is 5.96. The third-order valence-electron chi connectivity index (χ3n) is 2.18. The summed E-state index contributed by atoms with van der Waals surface area (Å²) in [5.74, 6) is -0.830. The first-order chi connectivity index (χ1) is 7.41. The Hall–Kier alpha value is -1.58. The van der Waals surface area contributed by atoms with E-state index in [1.807, 2.05) is 13.8 Å². The number of benzene rings is 1. The molecule has 88 valence electrons. The van der Waals surface area contributed by atoms with E-state index in [1.165, 1.54) is 11.0 Å². The van der Waals surface area contributed by atoms with Crippen LogP contribution in [-0.2, 0) is 0 Å². The number of carbonyl (C=O) groups excluding carboxylic acids is 1.